The first-order valence-electron chi connectivity index (χ1n) is 11.3. The summed E-state index contributed by atoms with van der Waals surface area (Å²) in [7, 11) is -3.88. The van der Waals surface area contributed by atoms with Crippen LogP contribution < -0.4 is 15.5 Å². The molecule has 2 aliphatic rings. The van der Waals surface area contributed by atoms with Crippen molar-refractivity contribution < 1.29 is 26.1 Å². The monoisotopic (exact) mass is 541 g/mol. The summed E-state index contributed by atoms with van der Waals surface area (Å²) in [6, 6.07) is 8.69. The first kappa shape index (κ1) is 24.8. The minimum Gasteiger partial charge on any atom is -0.365 e. The number of piperidine rings is 1. The molecule has 8 nitrogen and oxygen atoms in total. The summed E-state index contributed by atoms with van der Waals surface area (Å²) in [5.74, 6) is -4.04. The van der Waals surface area contributed by atoms with Crippen molar-refractivity contribution in [1.29, 1.82) is 0 Å². The molecule has 13 heteroatoms. The van der Waals surface area contributed by atoms with Gasteiger partial charge >= 0.3 is 6.01 Å². The third kappa shape index (κ3) is 5.02. The van der Waals surface area contributed by atoms with Crippen molar-refractivity contribution in [3.8, 4) is 11.4 Å². The fraction of sp³-hybridized carbons (Fsp3) is 0.391. The molecule has 0 saturated carbocycles. The lowest BCUT2D eigenvalue weighted by atomic mass is 10.1. The summed E-state index contributed by atoms with van der Waals surface area (Å²) in [5, 5.41) is 4.40. The van der Waals surface area contributed by atoms with Gasteiger partial charge in [0.25, 0.3) is 5.92 Å². The Hall–Kier alpha value is -2.83. The second-order valence-electron chi connectivity index (χ2n) is 9.09. The first-order chi connectivity index (χ1) is 17.0. The molecule has 1 atom stereocenters. The van der Waals surface area contributed by atoms with Crippen LogP contribution in [0, 0.1) is 5.82 Å². The summed E-state index contributed by atoms with van der Waals surface area (Å²) < 4.78 is 73.5. The van der Waals surface area contributed by atoms with Crippen molar-refractivity contribution in [3.63, 3.8) is 0 Å². The van der Waals surface area contributed by atoms with E-state index in [0.717, 1.165) is 11.6 Å². The molecule has 192 valence electrons. The Morgan fingerprint density at radius 3 is 2.56 bits per heavy atom. The van der Waals surface area contributed by atoms with Crippen LogP contribution in [0.3, 0.4) is 0 Å². The summed E-state index contributed by atoms with van der Waals surface area (Å²) >= 11 is 5.98. The molecule has 2 aliphatic heterocycles. The molecule has 5 rings (SSSR count). The second kappa shape index (κ2) is 9.24. The van der Waals surface area contributed by atoms with E-state index in [2.05, 4.69) is 10.1 Å². The number of benzene rings is 2. The Morgan fingerprint density at radius 2 is 1.86 bits per heavy atom. The molecule has 0 aliphatic carbocycles. The van der Waals surface area contributed by atoms with E-state index < -0.39 is 27.6 Å². The van der Waals surface area contributed by atoms with Crippen molar-refractivity contribution in [2.45, 2.75) is 36.2 Å². The normalized spacial score (nSPS) is 21.2. The molecule has 1 aromatic heterocycles. The van der Waals surface area contributed by atoms with Crippen LogP contribution in [0.15, 0.2) is 45.8 Å². The maximum absolute atomic E-state index is 15.2. The maximum atomic E-state index is 15.2. The minimum absolute atomic E-state index is 0.00232. The highest BCUT2D eigenvalue weighted by atomic mass is 35.5. The Morgan fingerprint density at radius 1 is 1.17 bits per heavy atom. The maximum Gasteiger partial charge on any atom is 0.324 e. The molecule has 3 aromatic rings. The zero-order valence-corrected chi connectivity index (χ0v) is 20.6. The van der Waals surface area contributed by atoms with Crippen molar-refractivity contribution in [2.24, 2.45) is 5.73 Å². The lowest BCUT2D eigenvalue weighted by Crippen LogP contribution is -2.39. The van der Waals surface area contributed by atoms with Gasteiger partial charge < -0.3 is 20.1 Å². The Balaban J connectivity index is 1.52. The summed E-state index contributed by atoms with van der Waals surface area (Å²) in [4.78, 5) is 7.33. The van der Waals surface area contributed by atoms with E-state index in [9.17, 15) is 17.2 Å². The predicted octanol–water partition coefficient (Wildman–Crippen LogP) is 3.89. The van der Waals surface area contributed by atoms with Gasteiger partial charge in [0, 0.05) is 50.1 Å². The average Bonchev–Trinajstić information content (AvgIpc) is 3.26. The van der Waals surface area contributed by atoms with Crippen molar-refractivity contribution in [1.82, 2.24) is 10.1 Å². The second-order valence-corrected chi connectivity index (χ2v) is 11.5. The lowest BCUT2D eigenvalue weighted by molar-refractivity contribution is -0.0227. The van der Waals surface area contributed by atoms with Crippen molar-refractivity contribution in [2.75, 3.05) is 35.2 Å². The minimum atomic E-state index is -3.88. The molecule has 3 heterocycles. The van der Waals surface area contributed by atoms with Gasteiger partial charge in [0.05, 0.1) is 21.9 Å². The topological polar surface area (TPSA) is 106 Å². The molecule has 36 heavy (non-hydrogen) atoms. The number of rotatable bonds is 4. The third-order valence-corrected chi connectivity index (χ3v) is 8.44. The molecule has 0 bridgehead atoms. The molecule has 0 radical (unpaired) electrons. The zero-order chi connectivity index (χ0) is 25.7. The van der Waals surface area contributed by atoms with E-state index in [-0.39, 0.29) is 66.2 Å². The van der Waals surface area contributed by atoms with Gasteiger partial charge in [-0.2, -0.15) is 4.98 Å². The zero-order valence-electron chi connectivity index (χ0n) is 19.0. The van der Waals surface area contributed by atoms with Gasteiger partial charge in [0.15, 0.2) is 9.84 Å². The third-order valence-electron chi connectivity index (χ3n) is 6.32. The number of halogens is 4. The number of nitrogens with two attached hydrogens (primary N) is 1. The molecule has 1 saturated heterocycles. The number of hydrogen-bond donors (Lipinski definition) is 1. The summed E-state index contributed by atoms with van der Waals surface area (Å²) in [6.45, 7) is 0.552. The number of hydrogen-bond acceptors (Lipinski definition) is 8. The number of alkyl halides is 2. The number of fused-ring (bicyclic) bond motifs is 1. The van der Waals surface area contributed by atoms with Gasteiger partial charge in [0.2, 0.25) is 5.82 Å². The molecule has 0 spiro atoms. The quantitative estimate of drug-likeness (QED) is 0.530. The number of aromatic nitrogens is 2. The Kier molecular flexibility index (Phi) is 6.38. The SMILES string of the molecule is N[C@@H]1CN(Cc2ccc(Cl)cc2)c2cc(-c3noc(N4CCC(F)(F)CC4)n3)c(F)cc2S(=O)(=O)C1. The summed E-state index contributed by atoms with van der Waals surface area (Å²) in [5.41, 5.74) is 7.16. The van der Waals surface area contributed by atoms with Crippen LogP contribution in [-0.2, 0) is 16.4 Å². The highest BCUT2D eigenvalue weighted by Crippen LogP contribution is 2.37. The largest absolute Gasteiger partial charge is 0.365 e. The standard InChI is InChI=1S/C23H23ClF3N5O3S/c24-15-3-1-14(2-4-15)11-32-12-16(28)13-36(33,34)20-10-18(25)17(9-19(20)32)21-29-22(35-30-21)31-7-5-23(26,27)6-8-31/h1-4,9-10,16H,5-8,11-13,28H2/t16-/m1/s1. The Bertz CT molecular complexity index is 1370. The van der Waals surface area contributed by atoms with E-state index in [1.165, 1.54) is 11.0 Å². The molecule has 0 unspecified atom stereocenters. The van der Waals surface area contributed by atoms with Crippen LogP contribution in [0.2, 0.25) is 5.02 Å². The highest BCUT2D eigenvalue weighted by Gasteiger charge is 2.36. The number of anilines is 2. The van der Waals surface area contributed by atoms with E-state index >= 15 is 4.39 Å². The number of sulfone groups is 1. The summed E-state index contributed by atoms with van der Waals surface area (Å²) in [6.07, 6.45) is -0.703. The smallest absolute Gasteiger partial charge is 0.324 e. The molecule has 0 amide bonds. The van der Waals surface area contributed by atoms with Crippen molar-refractivity contribution in [3.05, 3.63) is 52.8 Å². The average molecular weight is 542 g/mol. The molecular weight excluding hydrogens is 519 g/mol. The van der Waals surface area contributed by atoms with E-state index in [1.807, 2.05) is 12.1 Å². The van der Waals surface area contributed by atoms with Gasteiger partial charge in [-0.1, -0.05) is 28.9 Å². The van der Waals surface area contributed by atoms with Gasteiger partial charge in [-0.25, -0.2) is 21.6 Å². The van der Waals surface area contributed by atoms with Crippen LogP contribution in [-0.4, -0.2) is 55.9 Å². The predicted molar refractivity (Wildman–Crippen MR) is 129 cm³/mol. The fourth-order valence-corrected chi connectivity index (χ4v) is 6.22. The first-order valence-corrected chi connectivity index (χ1v) is 13.3. The Labute approximate surface area is 210 Å². The van der Waals surface area contributed by atoms with Crippen LogP contribution in [0.25, 0.3) is 11.4 Å². The number of nitrogens with zero attached hydrogens (tertiary/aromatic N) is 4. The van der Waals surface area contributed by atoms with Crippen LogP contribution in [0.4, 0.5) is 24.9 Å². The van der Waals surface area contributed by atoms with Crippen molar-refractivity contribution >= 4 is 33.1 Å². The van der Waals surface area contributed by atoms with Gasteiger partial charge in [-0.3, -0.25) is 0 Å². The molecular formula is C23H23ClF3N5O3S. The van der Waals surface area contributed by atoms with E-state index in [4.69, 9.17) is 21.9 Å². The van der Waals surface area contributed by atoms with E-state index in [0.29, 0.717) is 11.6 Å². The fourth-order valence-electron chi connectivity index (χ4n) is 4.46. The van der Waals surface area contributed by atoms with Crippen LogP contribution in [0.5, 0.6) is 0 Å². The van der Waals surface area contributed by atoms with Gasteiger partial charge in [-0.05, 0) is 29.8 Å². The van der Waals surface area contributed by atoms with Gasteiger partial charge in [-0.15, -0.1) is 0 Å². The molecule has 1 fully saturated rings. The van der Waals surface area contributed by atoms with Crippen LogP contribution in [0.1, 0.15) is 18.4 Å². The molecule has 2 aromatic carbocycles. The lowest BCUT2D eigenvalue weighted by Gasteiger charge is -2.29. The van der Waals surface area contributed by atoms with E-state index in [1.54, 1.807) is 17.0 Å². The van der Waals surface area contributed by atoms with Gasteiger partial charge in [0.1, 0.15) is 5.82 Å². The molecule has 2 N–H and O–H groups in total. The highest BCUT2D eigenvalue weighted by molar-refractivity contribution is 7.91. The van der Waals surface area contributed by atoms with Crippen LogP contribution >= 0.6 is 11.6 Å².